The molecule has 1 aromatic rings. The standard InChI is InChI=1S/C42H60O14/c1-5-7-11-19-30-20-15-9-8-14-18-29(43)22-24-32(44)50-25-31-37(54-33(45)23-21-28-16-12-10-13-17-28)38(55-40(49)26(3)6-2)36(48)41(53-31)56-39-35(47)34(46)27(4)51-42(39)52-30/h6,10,12-13,16-17,21,23,27,30-31,34-39,41-42,46-48H,5,7-9,11,14-15,18-20,22,24-25H2,1-4H3/b23-21+,26-6-/t27-,30-,31-,34+,35+,36+,37+,38+,39-,41-,42+/m0/s1. The Bertz CT molecular complexity index is 1460. The summed E-state index contributed by atoms with van der Waals surface area (Å²) >= 11 is 0. The molecule has 0 spiro atoms. The summed E-state index contributed by atoms with van der Waals surface area (Å²) in [4.78, 5) is 52.0. The summed E-state index contributed by atoms with van der Waals surface area (Å²) in [5.74, 6) is -2.50. The SMILES string of the molecule is C/C=C(/C)C(=O)O[C@@H]1[C@@H](O)[C@@H]2O[C@@H]3[C@@H](O[C@@H](CCCCC)CCCCCCC(=O)CCC(=O)OC[C@H](O2)[C@H]1OC(=O)/C=C/c1ccccc1)O[C@@H](C)[C@@H](O)[C@H]3O. The van der Waals surface area contributed by atoms with Gasteiger partial charge in [-0.2, -0.15) is 0 Å². The Hall–Kier alpha value is -3.50. The minimum absolute atomic E-state index is 0.0184. The Morgan fingerprint density at radius 1 is 0.839 bits per heavy atom. The van der Waals surface area contributed by atoms with Gasteiger partial charge >= 0.3 is 17.9 Å². The van der Waals surface area contributed by atoms with E-state index in [1.54, 1.807) is 38.1 Å². The van der Waals surface area contributed by atoms with Gasteiger partial charge in [-0.1, -0.05) is 81.9 Å². The summed E-state index contributed by atoms with van der Waals surface area (Å²) < 4.78 is 42.1. The molecule has 3 fully saturated rings. The van der Waals surface area contributed by atoms with Gasteiger partial charge in [0, 0.05) is 24.5 Å². The zero-order valence-corrected chi connectivity index (χ0v) is 33.0. The summed E-state index contributed by atoms with van der Waals surface area (Å²) in [6.07, 6.45) is -3.15. The Morgan fingerprint density at radius 2 is 1.59 bits per heavy atom. The molecule has 0 amide bonds. The van der Waals surface area contributed by atoms with Crippen LogP contribution in [-0.2, 0) is 52.3 Å². The van der Waals surface area contributed by atoms with E-state index in [1.165, 1.54) is 19.1 Å². The van der Waals surface area contributed by atoms with Crippen LogP contribution in [0.2, 0.25) is 0 Å². The van der Waals surface area contributed by atoms with E-state index in [1.807, 2.05) is 6.07 Å². The number of allylic oxidation sites excluding steroid dienone is 1. The molecule has 0 saturated carbocycles. The van der Waals surface area contributed by atoms with Crippen molar-refractivity contribution in [3.05, 3.63) is 53.6 Å². The van der Waals surface area contributed by atoms with Gasteiger partial charge in [0.2, 0.25) is 0 Å². The van der Waals surface area contributed by atoms with Crippen molar-refractivity contribution in [2.24, 2.45) is 0 Å². The number of ketones is 1. The second kappa shape index (κ2) is 23.0. The molecule has 0 aromatic heterocycles. The molecule has 3 aliphatic heterocycles. The van der Waals surface area contributed by atoms with E-state index in [0.29, 0.717) is 31.2 Å². The van der Waals surface area contributed by atoms with Crippen LogP contribution in [0.5, 0.6) is 0 Å². The third kappa shape index (κ3) is 13.6. The lowest BCUT2D eigenvalue weighted by atomic mass is 9.96. The number of rotatable bonds is 9. The van der Waals surface area contributed by atoms with Gasteiger partial charge in [0.1, 0.15) is 42.9 Å². The van der Waals surface area contributed by atoms with Crippen LogP contribution >= 0.6 is 0 Å². The highest BCUT2D eigenvalue weighted by atomic mass is 16.8. The van der Waals surface area contributed by atoms with E-state index in [9.17, 15) is 34.5 Å². The molecule has 0 unspecified atom stereocenters. The summed E-state index contributed by atoms with van der Waals surface area (Å²) in [7, 11) is 0. The molecular formula is C42H60O14. The molecule has 3 N–H and O–H groups in total. The molecule has 4 rings (SSSR count). The third-order valence-electron chi connectivity index (χ3n) is 10.4. The van der Waals surface area contributed by atoms with E-state index in [-0.39, 0.29) is 30.3 Å². The number of aliphatic hydroxyl groups is 3. The predicted octanol–water partition coefficient (Wildman–Crippen LogP) is 4.64. The van der Waals surface area contributed by atoms with Crippen LogP contribution in [0.4, 0.5) is 0 Å². The van der Waals surface area contributed by atoms with Crippen LogP contribution < -0.4 is 0 Å². The molecule has 2 bridgehead atoms. The summed E-state index contributed by atoms with van der Waals surface area (Å²) in [5, 5.41) is 34.1. The number of unbranched alkanes of at least 4 members (excludes halogenated alkanes) is 2. The molecule has 56 heavy (non-hydrogen) atoms. The molecule has 1 aromatic carbocycles. The predicted molar refractivity (Wildman–Crippen MR) is 202 cm³/mol. The normalized spacial score (nSPS) is 33.2. The lowest BCUT2D eigenvalue weighted by Gasteiger charge is -2.47. The minimum Gasteiger partial charge on any atom is -0.463 e. The maximum absolute atomic E-state index is 13.3. The highest BCUT2D eigenvalue weighted by Crippen LogP contribution is 2.34. The number of carbonyl (C=O) groups is 4. The first-order valence-corrected chi connectivity index (χ1v) is 20.0. The van der Waals surface area contributed by atoms with Gasteiger partial charge in [0.15, 0.2) is 24.8 Å². The molecular weight excluding hydrogens is 728 g/mol. The Kier molecular flexibility index (Phi) is 18.6. The molecule has 3 heterocycles. The molecule has 0 aliphatic carbocycles. The molecule has 14 nitrogen and oxygen atoms in total. The summed E-state index contributed by atoms with van der Waals surface area (Å²) in [6.45, 7) is 6.27. The van der Waals surface area contributed by atoms with Gasteiger partial charge in [0.25, 0.3) is 0 Å². The summed E-state index contributed by atoms with van der Waals surface area (Å²) in [5.41, 5.74) is 0.886. The highest BCUT2D eigenvalue weighted by molar-refractivity contribution is 5.88. The van der Waals surface area contributed by atoms with Crippen LogP contribution in [-0.4, -0.2) is 113 Å². The Balaban J connectivity index is 1.70. The van der Waals surface area contributed by atoms with Crippen molar-refractivity contribution in [3.8, 4) is 0 Å². The lowest BCUT2D eigenvalue weighted by molar-refractivity contribution is -0.369. The van der Waals surface area contributed by atoms with Gasteiger partial charge in [-0.05, 0) is 51.7 Å². The highest BCUT2D eigenvalue weighted by Gasteiger charge is 2.54. The van der Waals surface area contributed by atoms with Gasteiger partial charge in [0.05, 0.1) is 18.6 Å². The van der Waals surface area contributed by atoms with E-state index < -0.39 is 85.9 Å². The van der Waals surface area contributed by atoms with Gasteiger partial charge in [-0.3, -0.25) is 9.59 Å². The average Bonchev–Trinajstić information content (AvgIpc) is 3.19. The van der Waals surface area contributed by atoms with Crippen molar-refractivity contribution in [3.63, 3.8) is 0 Å². The second-order valence-electron chi connectivity index (χ2n) is 14.7. The van der Waals surface area contributed by atoms with E-state index in [4.69, 9.17) is 33.2 Å². The molecule has 312 valence electrons. The van der Waals surface area contributed by atoms with Crippen LogP contribution in [0.3, 0.4) is 0 Å². The van der Waals surface area contributed by atoms with Crippen molar-refractivity contribution in [1.29, 1.82) is 0 Å². The Labute approximate surface area is 329 Å². The number of esters is 3. The number of carbonyl (C=O) groups excluding carboxylic acids is 4. The van der Waals surface area contributed by atoms with Crippen LogP contribution in [0.25, 0.3) is 6.08 Å². The minimum atomic E-state index is -1.84. The fourth-order valence-corrected chi connectivity index (χ4v) is 6.82. The molecule has 3 aliphatic rings. The smallest absolute Gasteiger partial charge is 0.333 e. The van der Waals surface area contributed by atoms with Crippen molar-refractivity contribution >= 4 is 29.8 Å². The van der Waals surface area contributed by atoms with Gasteiger partial charge in [-0.25, -0.2) is 9.59 Å². The zero-order chi connectivity index (χ0) is 40.6. The number of fused-ring (bicyclic) bond motifs is 3. The quantitative estimate of drug-likeness (QED) is 0.136. The van der Waals surface area contributed by atoms with Crippen molar-refractivity contribution in [2.75, 3.05) is 6.61 Å². The average molecular weight is 789 g/mol. The second-order valence-corrected chi connectivity index (χ2v) is 14.7. The number of hydrogen-bond acceptors (Lipinski definition) is 14. The van der Waals surface area contributed by atoms with Crippen LogP contribution in [0.15, 0.2) is 48.1 Å². The largest absolute Gasteiger partial charge is 0.463 e. The van der Waals surface area contributed by atoms with E-state index in [2.05, 4.69) is 6.92 Å². The van der Waals surface area contributed by atoms with Crippen LogP contribution in [0, 0.1) is 0 Å². The first-order valence-electron chi connectivity index (χ1n) is 20.0. The third-order valence-corrected chi connectivity index (χ3v) is 10.4. The number of cyclic esters (lactones) is 1. The maximum Gasteiger partial charge on any atom is 0.333 e. The van der Waals surface area contributed by atoms with Crippen LogP contribution in [0.1, 0.15) is 110 Å². The van der Waals surface area contributed by atoms with Gasteiger partial charge < -0.3 is 48.5 Å². The topological polar surface area (TPSA) is 194 Å². The van der Waals surface area contributed by atoms with E-state index >= 15 is 0 Å². The monoisotopic (exact) mass is 788 g/mol. The van der Waals surface area contributed by atoms with Crippen molar-refractivity contribution in [2.45, 2.75) is 172 Å². The number of benzene rings is 1. The first-order chi connectivity index (χ1) is 26.9. The number of ether oxygens (including phenoxy) is 7. The fraction of sp³-hybridized carbons (Fsp3) is 0.667. The number of Topliss-reactive ketones (excluding diaryl/α,β-unsaturated/α-hetero) is 1. The van der Waals surface area contributed by atoms with Crippen molar-refractivity contribution in [1.82, 2.24) is 0 Å². The fourth-order valence-electron chi connectivity index (χ4n) is 6.82. The molecule has 11 atom stereocenters. The lowest BCUT2D eigenvalue weighted by Crippen LogP contribution is -2.65. The Morgan fingerprint density at radius 3 is 2.32 bits per heavy atom. The first kappa shape index (κ1) is 45.2. The molecule has 14 heteroatoms. The van der Waals surface area contributed by atoms with Gasteiger partial charge in [-0.15, -0.1) is 0 Å². The maximum atomic E-state index is 13.3. The summed E-state index contributed by atoms with van der Waals surface area (Å²) in [6, 6.07) is 8.94. The van der Waals surface area contributed by atoms with E-state index in [0.717, 1.165) is 44.6 Å². The molecule has 0 radical (unpaired) electrons. The zero-order valence-electron chi connectivity index (χ0n) is 33.0. The molecule has 3 saturated heterocycles. The number of aliphatic hydroxyl groups excluding tert-OH is 3. The van der Waals surface area contributed by atoms with Crippen molar-refractivity contribution < 1.29 is 67.7 Å². The number of hydrogen-bond donors (Lipinski definition) is 3.